The number of hydrogen-bond acceptors (Lipinski definition) is 12. The summed E-state index contributed by atoms with van der Waals surface area (Å²) < 4.78 is 31.7. The van der Waals surface area contributed by atoms with Gasteiger partial charge in [-0.1, -0.05) is 5.16 Å². The van der Waals surface area contributed by atoms with E-state index in [-0.39, 0.29) is 40.4 Å². The van der Waals surface area contributed by atoms with Gasteiger partial charge in [0.15, 0.2) is 10.8 Å². The molecule has 32 heavy (non-hydrogen) atoms. The summed E-state index contributed by atoms with van der Waals surface area (Å²) in [6, 6.07) is -2.69. The normalized spacial score (nSPS) is 25.0. The molecular formula is C16H20N6O8S2. The number of ketones is 2. The summed E-state index contributed by atoms with van der Waals surface area (Å²) in [5.74, 6) is -2.92. The minimum atomic E-state index is -4.75. The van der Waals surface area contributed by atoms with Gasteiger partial charge in [0, 0.05) is 11.8 Å². The zero-order valence-corrected chi connectivity index (χ0v) is 18.6. The SMILES string of the molecule is C[C@H]1[C@H](NC(=O)C(=NOCC2CC(=O)C(=O)CN2C)c2csc(N)n2)C(=O)N1S(=O)(=O)O. The number of amides is 2. The largest absolute Gasteiger partial charge is 0.393 e. The number of rotatable bonds is 7. The van der Waals surface area contributed by atoms with Crippen molar-refractivity contribution >= 4 is 55.9 Å². The molecule has 16 heteroatoms. The van der Waals surface area contributed by atoms with Gasteiger partial charge in [-0.15, -0.1) is 11.3 Å². The van der Waals surface area contributed by atoms with E-state index in [9.17, 15) is 27.6 Å². The summed E-state index contributed by atoms with van der Waals surface area (Å²) in [6.45, 7) is 1.16. The minimum Gasteiger partial charge on any atom is -0.393 e. The van der Waals surface area contributed by atoms with Gasteiger partial charge in [0.1, 0.15) is 18.3 Å². The van der Waals surface area contributed by atoms with Crippen LogP contribution in [-0.2, 0) is 34.3 Å². The fourth-order valence-corrected chi connectivity index (χ4v) is 4.65. The third kappa shape index (κ3) is 4.77. The van der Waals surface area contributed by atoms with Gasteiger partial charge < -0.3 is 15.9 Å². The van der Waals surface area contributed by atoms with Crippen molar-refractivity contribution in [1.29, 1.82) is 0 Å². The van der Waals surface area contributed by atoms with E-state index in [1.165, 1.54) is 12.3 Å². The van der Waals surface area contributed by atoms with Crippen molar-refractivity contribution in [2.24, 2.45) is 5.16 Å². The Morgan fingerprint density at radius 3 is 2.66 bits per heavy atom. The number of nitrogens with one attached hydrogen (secondary N) is 1. The molecule has 0 saturated carbocycles. The van der Waals surface area contributed by atoms with Crippen LogP contribution in [0.4, 0.5) is 5.13 Å². The summed E-state index contributed by atoms with van der Waals surface area (Å²) in [5.41, 5.74) is 5.33. The van der Waals surface area contributed by atoms with Crippen LogP contribution < -0.4 is 11.1 Å². The average Bonchev–Trinajstić information content (AvgIpc) is 3.11. The van der Waals surface area contributed by atoms with Crippen molar-refractivity contribution < 1.29 is 37.0 Å². The molecule has 2 aliphatic rings. The first kappa shape index (κ1) is 23.7. The Kier molecular flexibility index (Phi) is 6.59. The highest BCUT2D eigenvalue weighted by atomic mass is 32.2. The topological polar surface area (TPSA) is 202 Å². The predicted octanol–water partition coefficient (Wildman–Crippen LogP) is -2.19. The summed E-state index contributed by atoms with van der Waals surface area (Å²) in [4.78, 5) is 58.7. The Morgan fingerprint density at radius 2 is 2.09 bits per heavy atom. The number of nitrogens with zero attached hydrogens (tertiary/aromatic N) is 4. The van der Waals surface area contributed by atoms with Gasteiger partial charge in [-0.05, 0) is 14.0 Å². The number of Topliss-reactive ketones (excluding diaryl/α,β-unsaturated/α-hetero) is 2. The number of anilines is 1. The number of likely N-dealkylation sites (tertiary alicyclic amines) is 1. The number of carbonyl (C=O) groups is 4. The molecule has 3 rings (SSSR count). The molecule has 2 saturated heterocycles. The van der Waals surface area contributed by atoms with Crippen molar-refractivity contribution in [3.05, 3.63) is 11.1 Å². The van der Waals surface area contributed by atoms with Crippen molar-refractivity contribution in [2.45, 2.75) is 31.5 Å². The van der Waals surface area contributed by atoms with Gasteiger partial charge in [-0.3, -0.25) is 28.6 Å². The van der Waals surface area contributed by atoms with E-state index < -0.39 is 51.8 Å². The number of oxime groups is 1. The second-order valence-electron chi connectivity index (χ2n) is 7.23. The average molecular weight is 489 g/mol. The van der Waals surface area contributed by atoms with Gasteiger partial charge in [0.25, 0.3) is 11.8 Å². The van der Waals surface area contributed by atoms with Crippen molar-refractivity contribution in [3.63, 3.8) is 0 Å². The second kappa shape index (κ2) is 8.89. The number of piperidine rings is 1. The Labute approximate surface area is 186 Å². The number of β-lactam (4-membered cyclic amide) rings is 1. The molecule has 0 radical (unpaired) electrons. The van der Waals surface area contributed by atoms with Gasteiger partial charge in [0.05, 0.1) is 18.6 Å². The molecule has 0 bridgehead atoms. The highest BCUT2D eigenvalue weighted by molar-refractivity contribution is 7.84. The Hall–Kier alpha value is -2.95. The van der Waals surface area contributed by atoms with Crippen LogP contribution in [0.5, 0.6) is 0 Å². The monoisotopic (exact) mass is 488 g/mol. The Morgan fingerprint density at radius 1 is 1.41 bits per heavy atom. The first-order valence-electron chi connectivity index (χ1n) is 9.19. The standard InChI is InChI=1S/C16H20N6O8S2/c1-7-12(15(26)22(7)32(27,28)29)19-14(25)13(9-6-31-16(17)18-9)20-30-5-8-3-10(23)11(24)4-21(8)2/h6-8,12H,3-5H2,1-2H3,(H2,17,18)(H,19,25)(H,27,28,29)/t7-,8?,12-/m0/s1. The van der Waals surface area contributed by atoms with E-state index in [0.29, 0.717) is 0 Å². The van der Waals surface area contributed by atoms with Crippen LogP contribution in [0.2, 0.25) is 0 Å². The number of aromatic nitrogens is 1. The molecule has 2 amide bonds. The van der Waals surface area contributed by atoms with Crippen molar-refractivity contribution in [1.82, 2.24) is 19.5 Å². The summed E-state index contributed by atoms with van der Waals surface area (Å²) in [6.07, 6.45) is -0.0599. The first-order valence-corrected chi connectivity index (χ1v) is 11.5. The molecule has 1 aromatic heterocycles. The van der Waals surface area contributed by atoms with E-state index >= 15 is 0 Å². The maximum absolute atomic E-state index is 12.8. The number of likely N-dealkylation sites (N-methyl/N-ethyl adjacent to an activating group) is 1. The maximum atomic E-state index is 12.8. The van der Waals surface area contributed by atoms with Crippen LogP contribution in [0.3, 0.4) is 0 Å². The molecular weight excluding hydrogens is 468 g/mol. The van der Waals surface area contributed by atoms with Crippen LogP contribution in [-0.4, -0.2) is 94.6 Å². The molecule has 14 nitrogen and oxygen atoms in total. The maximum Gasteiger partial charge on any atom is 0.362 e. The molecule has 1 aromatic rings. The van der Waals surface area contributed by atoms with Crippen LogP contribution in [0, 0.1) is 0 Å². The van der Waals surface area contributed by atoms with Gasteiger partial charge in [-0.25, -0.2) is 9.29 Å². The minimum absolute atomic E-state index is 0.0549. The lowest BCUT2D eigenvalue weighted by Crippen LogP contribution is -2.71. The molecule has 2 fully saturated rings. The van der Waals surface area contributed by atoms with Crippen molar-refractivity contribution in [3.8, 4) is 0 Å². The van der Waals surface area contributed by atoms with E-state index in [1.807, 2.05) is 0 Å². The van der Waals surface area contributed by atoms with E-state index in [4.69, 9.17) is 15.1 Å². The molecule has 0 spiro atoms. The lowest BCUT2D eigenvalue weighted by Gasteiger charge is -2.42. The molecule has 1 unspecified atom stereocenters. The molecule has 0 aromatic carbocycles. The number of nitrogens with two attached hydrogens (primary N) is 1. The van der Waals surface area contributed by atoms with Gasteiger partial charge >= 0.3 is 10.3 Å². The molecule has 4 N–H and O–H groups in total. The fourth-order valence-electron chi connectivity index (χ4n) is 3.22. The molecule has 3 atom stereocenters. The second-order valence-corrected chi connectivity index (χ2v) is 9.41. The van der Waals surface area contributed by atoms with Crippen molar-refractivity contribution in [2.75, 3.05) is 25.9 Å². The molecule has 0 aliphatic carbocycles. The smallest absolute Gasteiger partial charge is 0.362 e. The molecule has 3 heterocycles. The molecule has 174 valence electrons. The summed E-state index contributed by atoms with van der Waals surface area (Å²) in [5, 5.41) is 7.70. The number of thiazole rings is 1. The number of hydrogen-bond donors (Lipinski definition) is 3. The highest BCUT2D eigenvalue weighted by Crippen LogP contribution is 2.23. The summed E-state index contributed by atoms with van der Waals surface area (Å²) >= 11 is 1.03. The zero-order valence-electron chi connectivity index (χ0n) is 16.9. The van der Waals surface area contributed by atoms with Crippen LogP contribution in [0.1, 0.15) is 19.0 Å². The van der Waals surface area contributed by atoms with Crippen LogP contribution in [0.25, 0.3) is 0 Å². The lowest BCUT2D eigenvalue weighted by molar-refractivity contribution is -0.143. The highest BCUT2D eigenvalue weighted by Gasteiger charge is 2.51. The van der Waals surface area contributed by atoms with Crippen LogP contribution >= 0.6 is 11.3 Å². The Balaban J connectivity index is 1.72. The number of carbonyl (C=O) groups excluding carboxylic acids is 4. The third-order valence-corrected chi connectivity index (χ3v) is 6.71. The summed E-state index contributed by atoms with van der Waals surface area (Å²) in [7, 11) is -3.11. The van der Waals surface area contributed by atoms with E-state index in [2.05, 4.69) is 15.5 Å². The molecule has 2 aliphatic heterocycles. The van der Waals surface area contributed by atoms with E-state index in [0.717, 1.165) is 11.3 Å². The van der Waals surface area contributed by atoms with Crippen LogP contribution in [0.15, 0.2) is 10.5 Å². The fraction of sp³-hybridized carbons (Fsp3) is 0.500. The van der Waals surface area contributed by atoms with Gasteiger partial charge in [-0.2, -0.15) is 8.42 Å². The predicted molar refractivity (Wildman–Crippen MR) is 110 cm³/mol. The first-order chi connectivity index (χ1) is 14.9. The Bertz CT molecular complexity index is 1100. The van der Waals surface area contributed by atoms with Gasteiger partial charge in [0.2, 0.25) is 11.6 Å². The quantitative estimate of drug-likeness (QED) is 0.124. The number of nitrogen functional groups attached to an aromatic ring is 1. The van der Waals surface area contributed by atoms with E-state index in [1.54, 1.807) is 11.9 Å². The third-order valence-electron chi connectivity index (χ3n) is 5.02. The zero-order chi connectivity index (χ0) is 23.8. The lowest BCUT2D eigenvalue weighted by atomic mass is 10.0.